The first-order valence-corrected chi connectivity index (χ1v) is 7.29. The van der Waals surface area contributed by atoms with Gasteiger partial charge >= 0.3 is 6.18 Å². The van der Waals surface area contributed by atoms with Gasteiger partial charge in [0.15, 0.2) is 0 Å². The van der Waals surface area contributed by atoms with Crippen molar-refractivity contribution in [1.82, 2.24) is 5.32 Å². The fraction of sp³-hybridized carbons (Fsp3) is 0.294. The first-order chi connectivity index (χ1) is 11.4. The average molecular weight is 343 g/mol. The Bertz CT molecular complexity index is 674. The molecule has 24 heavy (non-hydrogen) atoms. The van der Waals surface area contributed by atoms with Gasteiger partial charge in [-0.25, -0.2) is 4.39 Å². The summed E-state index contributed by atoms with van der Waals surface area (Å²) in [5.74, 6) is -0.372. The van der Waals surface area contributed by atoms with Crippen molar-refractivity contribution >= 4 is 0 Å². The number of rotatable bonds is 7. The van der Waals surface area contributed by atoms with Crippen LogP contribution in [0, 0.1) is 5.82 Å². The molecule has 0 atom stereocenters. The van der Waals surface area contributed by atoms with Crippen LogP contribution in [0.4, 0.5) is 17.6 Å². The van der Waals surface area contributed by atoms with E-state index in [1.807, 2.05) is 0 Å². The summed E-state index contributed by atoms with van der Waals surface area (Å²) in [6.07, 6.45) is -4.61. The predicted molar refractivity (Wildman–Crippen MR) is 81.0 cm³/mol. The Balaban J connectivity index is 2.05. The van der Waals surface area contributed by atoms with Gasteiger partial charge in [-0.1, -0.05) is 24.3 Å². The third-order valence-corrected chi connectivity index (χ3v) is 3.33. The molecule has 0 radical (unpaired) electrons. The number of ether oxygens (including phenoxy) is 1. The van der Waals surface area contributed by atoms with E-state index in [0.29, 0.717) is 11.8 Å². The topological polar surface area (TPSA) is 41.5 Å². The van der Waals surface area contributed by atoms with Crippen LogP contribution in [-0.4, -0.2) is 18.3 Å². The van der Waals surface area contributed by atoms with E-state index in [1.165, 1.54) is 0 Å². The number of alkyl halides is 3. The zero-order valence-corrected chi connectivity index (χ0v) is 12.7. The van der Waals surface area contributed by atoms with Gasteiger partial charge in [0.1, 0.15) is 18.2 Å². The third-order valence-electron chi connectivity index (χ3n) is 3.33. The molecule has 0 unspecified atom stereocenters. The van der Waals surface area contributed by atoms with Gasteiger partial charge in [0.2, 0.25) is 0 Å². The Morgan fingerprint density at radius 2 is 1.71 bits per heavy atom. The van der Waals surface area contributed by atoms with Crippen molar-refractivity contribution < 1.29 is 27.4 Å². The summed E-state index contributed by atoms with van der Waals surface area (Å²) in [7, 11) is 0. The van der Waals surface area contributed by atoms with Crippen LogP contribution in [0.25, 0.3) is 0 Å². The van der Waals surface area contributed by atoms with Gasteiger partial charge in [0.25, 0.3) is 0 Å². The highest BCUT2D eigenvalue weighted by atomic mass is 19.4. The second kappa shape index (κ2) is 8.12. The second-order valence-corrected chi connectivity index (χ2v) is 5.08. The molecule has 0 heterocycles. The highest BCUT2D eigenvalue weighted by Crippen LogP contribution is 2.32. The van der Waals surface area contributed by atoms with Crippen molar-refractivity contribution in [3.05, 3.63) is 65.0 Å². The van der Waals surface area contributed by atoms with Crippen LogP contribution in [0.2, 0.25) is 0 Å². The lowest BCUT2D eigenvalue weighted by Gasteiger charge is -2.15. The number of aliphatic hydroxyl groups is 1. The quantitative estimate of drug-likeness (QED) is 0.756. The van der Waals surface area contributed by atoms with Gasteiger partial charge in [0, 0.05) is 18.7 Å². The van der Waals surface area contributed by atoms with E-state index >= 15 is 0 Å². The molecule has 0 aliphatic rings. The smallest absolute Gasteiger partial charge is 0.416 e. The summed E-state index contributed by atoms with van der Waals surface area (Å²) in [4.78, 5) is 0. The molecule has 2 aromatic carbocycles. The minimum absolute atomic E-state index is 0.0299. The Labute approximate surface area is 136 Å². The summed E-state index contributed by atoms with van der Waals surface area (Å²) in [5, 5.41) is 11.7. The summed E-state index contributed by atoms with van der Waals surface area (Å²) in [5.41, 5.74) is -0.265. The Kier molecular flexibility index (Phi) is 6.16. The number of para-hydroxylation sites is 1. The number of benzene rings is 2. The van der Waals surface area contributed by atoms with E-state index in [2.05, 4.69) is 5.32 Å². The lowest BCUT2D eigenvalue weighted by molar-refractivity contribution is -0.138. The Morgan fingerprint density at radius 3 is 2.42 bits per heavy atom. The standard InChI is InChI=1S/C17H17F4NO2/c18-14-6-5-12(15(9-14)17(19,20)21)10-22-11-13-3-1-2-4-16(13)24-8-7-23/h1-6,9,22-23H,7-8,10-11H2. The van der Waals surface area contributed by atoms with Crippen LogP contribution in [0.15, 0.2) is 42.5 Å². The molecule has 0 spiro atoms. The minimum Gasteiger partial charge on any atom is -0.491 e. The van der Waals surface area contributed by atoms with Gasteiger partial charge in [-0.05, 0) is 23.8 Å². The van der Waals surface area contributed by atoms with E-state index in [1.54, 1.807) is 24.3 Å². The van der Waals surface area contributed by atoms with Crippen molar-refractivity contribution in [2.75, 3.05) is 13.2 Å². The van der Waals surface area contributed by atoms with E-state index in [9.17, 15) is 17.6 Å². The predicted octanol–water partition coefficient (Wildman–Crippen LogP) is 3.51. The summed E-state index contributed by atoms with van der Waals surface area (Å²) >= 11 is 0. The Hall–Kier alpha value is -2.12. The molecule has 0 amide bonds. The third kappa shape index (κ3) is 4.94. The molecule has 2 aromatic rings. The number of halogens is 4. The van der Waals surface area contributed by atoms with Crippen LogP contribution in [-0.2, 0) is 19.3 Å². The molecule has 0 saturated heterocycles. The minimum atomic E-state index is -4.61. The number of aliphatic hydroxyl groups excluding tert-OH is 1. The summed E-state index contributed by atoms with van der Waals surface area (Å²) in [6.45, 7) is 0.208. The van der Waals surface area contributed by atoms with Crippen molar-refractivity contribution in [3.8, 4) is 5.75 Å². The monoisotopic (exact) mass is 343 g/mol. The first kappa shape index (κ1) is 18.2. The molecule has 3 nitrogen and oxygen atoms in total. The number of hydrogen-bond acceptors (Lipinski definition) is 3. The largest absolute Gasteiger partial charge is 0.491 e. The molecule has 2 N–H and O–H groups in total. The second-order valence-electron chi connectivity index (χ2n) is 5.08. The molecule has 130 valence electrons. The van der Waals surface area contributed by atoms with Crippen LogP contribution in [0.1, 0.15) is 16.7 Å². The fourth-order valence-electron chi connectivity index (χ4n) is 2.24. The van der Waals surface area contributed by atoms with Crippen molar-refractivity contribution in [1.29, 1.82) is 0 Å². The maximum absolute atomic E-state index is 13.1. The molecule has 0 aromatic heterocycles. The van der Waals surface area contributed by atoms with Crippen molar-refractivity contribution in [3.63, 3.8) is 0 Å². The zero-order valence-electron chi connectivity index (χ0n) is 12.7. The molecule has 0 fully saturated rings. The van der Waals surface area contributed by atoms with Gasteiger partial charge in [0.05, 0.1) is 12.2 Å². The maximum Gasteiger partial charge on any atom is 0.416 e. The molecular formula is C17H17F4NO2. The van der Waals surface area contributed by atoms with E-state index in [4.69, 9.17) is 9.84 Å². The average Bonchev–Trinajstić information content (AvgIpc) is 2.54. The lowest BCUT2D eigenvalue weighted by atomic mass is 10.1. The summed E-state index contributed by atoms with van der Waals surface area (Å²) < 4.78 is 57.3. The molecule has 0 aliphatic carbocycles. The van der Waals surface area contributed by atoms with Crippen LogP contribution < -0.4 is 10.1 Å². The highest BCUT2D eigenvalue weighted by Gasteiger charge is 2.33. The molecule has 0 aliphatic heterocycles. The van der Waals surface area contributed by atoms with Gasteiger partial charge < -0.3 is 15.2 Å². The zero-order chi connectivity index (χ0) is 17.6. The SMILES string of the molecule is OCCOc1ccccc1CNCc1ccc(F)cc1C(F)(F)F. The highest BCUT2D eigenvalue weighted by molar-refractivity contribution is 5.34. The van der Waals surface area contributed by atoms with E-state index in [0.717, 1.165) is 17.7 Å². The first-order valence-electron chi connectivity index (χ1n) is 7.29. The molecule has 7 heteroatoms. The van der Waals surface area contributed by atoms with Crippen molar-refractivity contribution in [2.45, 2.75) is 19.3 Å². The number of nitrogens with one attached hydrogen (secondary N) is 1. The summed E-state index contributed by atoms with van der Waals surface area (Å²) in [6, 6.07) is 9.65. The van der Waals surface area contributed by atoms with Crippen molar-refractivity contribution in [2.24, 2.45) is 0 Å². The normalized spacial score (nSPS) is 11.5. The Morgan fingerprint density at radius 1 is 1.00 bits per heavy atom. The van der Waals surface area contributed by atoms with Gasteiger partial charge in [-0.15, -0.1) is 0 Å². The molecule has 2 rings (SSSR count). The molecule has 0 bridgehead atoms. The van der Waals surface area contributed by atoms with E-state index < -0.39 is 17.6 Å². The molecular weight excluding hydrogens is 326 g/mol. The van der Waals surface area contributed by atoms with Crippen LogP contribution in [0.3, 0.4) is 0 Å². The van der Waals surface area contributed by atoms with Gasteiger partial charge in [-0.2, -0.15) is 13.2 Å². The molecule has 0 saturated carbocycles. The van der Waals surface area contributed by atoms with Crippen LogP contribution in [0.5, 0.6) is 5.75 Å². The number of hydrogen-bond donors (Lipinski definition) is 2. The van der Waals surface area contributed by atoms with E-state index in [-0.39, 0.29) is 31.9 Å². The fourth-order valence-corrected chi connectivity index (χ4v) is 2.24. The lowest BCUT2D eigenvalue weighted by Crippen LogP contribution is -2.18. The van der Waals surface area contributed by atoms with Crippen LogP contribution >= 0.6 is 0 Å². The maximum atomic E-state index is 13.1. The van der Waals surface area contributed by atoms with Gasteiger partial charge in [-0.3, -0.25) is 0 Å².